The molecule has 9 nitrogen and oxygen atoms in total. The summed E-state index contributed by atoms with van der Waals surface area (Å²) in [6.45, 7) is 4.57. The molecule has 362 valence electrons. The molecular weight excluding hydrogens is 784 g/mol. The lowest BCUT2D eigenvalue weighted by atomic mass is 10.0. The van der Waals surface area contributed by atoms with Crippen LogP contribution in [-0.2, 0) is 18.4 Å². The molecule has 0 saturated carbocycles. The third-order valence-electron chi connectivity index (χ3n) is 11.8. The molecule has 10 heteroatoms. The van der Waals surface area contributed by atoms with Crippen LogP contribution in [0.4, 0.5) is 0 Å². The second-order valence-corrected chi connectivity index (χ2v) is 20.5. The third-order valence-corrected chi connectivity index (χ3v) is 12.8. The van der Waals surface area contributed by atoms with Gasteiger partial charge in [0.2, 0.25) is 5.91 Å². The van der Waals surface area contributed by atoms with Crippen LogP contribution in [0, 0.1) is 0 Å². The fraction of sp³-hybridized carbons (Fsp3) is 0.902. The van der Waals surface area contributed by atoms with E-state index in [-0.39, 0.29) is 18.9 Å². The highest BCUT2D eigenvalue weighted by Gasteiger charge is 2.31. The summed E-state index contributed by atoms with van der Waals surface area (Å²) >= 11 is 0. The van der Waals surface area contributed by atoms with Crippen molar-refractivity contribution in [2.24, 2.45) is 0 Å². The van der Waals surface area contributed by atoms with E-state index in [0.29, 0.717) is 23.9 Å². The molecule has 0 saturated heterocycles. The van der Waals surface area contributed by atoms with Crippen LogP contribution in [0.25, 0.3) is 0 Å². The summed E-state index contributed by atoms with van der Waals surface area (Å²) in [5.41, 5.74) is 0. The van der Waals surface area contributed by atoms with Gasteiger partial charge in [0.05, 0.1) is 39.9 Å². The molecule has 0 fully saturated rings. The second kappa shape index (κ2) is 42.9. The summed E-state index contributed by atoms with van der Waals surface area (Å²) in [5, 5.41) is 24.7. The molecule has 0 aliphatic carbocycles. The number of amides is 1. The molecule has 0 aromatic carbocycles. The molecular formula is C51H102N2O7P+. The van der Waals surface area contributed by atoms with Gasteiger partial charge in [-0.25, -0.2) is 4.57 Å². The molecule has 61 heavy (non-hydrogen) atoms. The summed E-state index contributed by atoms with van der Waals surface area (Å²) in [7, 11) is 1.42. The van der Waals surface area contributed by atoms with E-state index in [4.69, 9.17) is 9.05 Å². The minimum atomic E-state index is -4.43. The first-order valence-electron chi connectivity index (χ1n) is 25.8. The Hall–Kier alpha value is -1.06. The lowest BCUT2D eigenvalue weighted by Crippen LogP contribution is -2.51. The van der Waals surface area contributed by atoms with Crippen molar-refractivity contribution in [2.45, 2.75) is 257 Å². The van der Waals surface area contributed by atoms with Gasteiger partial charge in [-0.2, -0.15) is 0 Å². The SMILES string of the molecule is CCCCC/C=C/CC/C=C/CCCC(O)C(O)C(COP(=O)(O)OCC[N+](C)(C)C)NC(=O)CCCCCCCCCCCCCCCCCCCCCCCCCCC. The maximum Gasteiger partial charge on any atom is 0.472 e. The fourth-order valence-corrected chi connectivity index (χ4v) is 8.37. The van der Waals surface area contributed by atoms with Crippen molar-refractivity contribution in [1.29, 1.82) is 0 Å². The quantitative estimate of drug-likeness (QED) is 0.0208. The van der Waals surface area contributed by atoms with Gasteiger partial charge in [0.15, 0.2) is 0 Å². The van der Waals surface area contributed by atoms with Crippen LogP contribution in [0.2, 0.25) is 0 Å². The lowest BCUT2D eigenvalue weighted by molar-refractivity contribution is -0.870. The van der Waals surface area contributed by atoms with Crippen LogP contribution in [0.15, 0.2) is 24.3 Å². The number of unbranched alkanes of at least 4 members (excludes halogenated alkanes) is 29. The van der Waals surface area contributed by atoms with Gasteiger partial charge in [0, 0.05) is 6.42 Å². The van der Waals surface area contributed by atoms with Crippen molar-refractivity contribution in [2.75, 3.05) is 40.9 Å². The lowest BCUT2D eigenvalue weighted by Gasteiger charge is -2.28. The highest BCUT2D eigenvalue weighted by atomic mass is 31.2. The zero-order valence-electron chi connectivity index (χ0n) is 40.8. The van der Waals surface area contributed by atoms with E-state index in [1.54, 1.807) is 0 Å². The number of nitrogens with one attached hydrogen (secondary N) is 1. The van der Waals surface area contributed by atoms with Crippen LogP contribution in [0.5, 0.6) is 0 Å². The van der Waals surface area contributed by atoms with Crippen LogP contribution in [0.3, 0.4) is 0 Å². The standard InChI is InChI=1S/C51H101N2O7P/c1-6-8-10-12-14-16-18-20-21-22-23-24-25-26-27-28-29-30-31-32-34-36-38-40-42-44-50(55)52-48(47-60-61(57,58)59-46-45-53(3,4)5)51(56)49(54)43-41-39-37-35-33-19-17-15-13-11-9-7-2/h15,17,35,37,48-49,51,54,56H,6-14,16,18-34,36,38-47H2,1-5H3,(H-,52,55,57,58)/p+1/b17-15+,37-35+. The van der Waals surface area contributed by atoms with Gasteiger partial charge in [-0.3, -0.25) is 13.8 Å². The Bertz CT molecular complexity index is 1070. The average molecular weight is 886 g/mol. The van der Waals surface area contributed by atoms with Crippen molar-refractivity contribution in [1.82, 2.24) is 5.32 Å². The summed E-state index contributed by atoms with van der Waals surface area (Å²) in [6.07, 6.45) is 48.4. The number of aliphatic hydroxyl groups excluding tert-OH is 2. The Kier molecular flexibility index (Phi) is 42.1. The van der Waals surface area contributed by atoms with Gasteiger partial charge in [-0.1, -0.05) is 205 Å². The molecule has 0 aliphatic heterocycles. The number of phosphoric ester groups is 1. The monoisotopic (exact) mass is 886 g/mol. The van der Waals surface area contributed by atoms with E-state index in [1.807, 2.05) is 21.1 Å². The van der Waals surface area contributed by atoms with Crippen LogP contribution >= 0.6 is 7.82 Å². The Labute approximate surface area is 377 Å². The number of carbonyl (C=O) groups is 1. The normalized spacial score (nSPS) is 14.8. The number of allylic oxidation sites excluding steroid dienone is 4. The molecule has 0 spiro atoms. The van der Waals surface area contributed by atoms with Crippen molar-refractivity contribution in [3.8, 4) is 0 Å². The minimum absolute atomic E-state index is 0.0157. The molecule has 0 aromatic heterocycles. The van der Waals surface area contributed by atoms with E-state index in [9.17, 15) is 24.5 Å². The zero-order valence-corrected chi connectivity index (χ0v) is 41.7. The van der Waals surface area contributed by atoms with Crippen molar-refractivity contribution in [3.63, 3.8) is 0 Å². The molecule has 0 bridgehead atoms. The number of carbonyl (C=O) groups excluding carboxylic acids is 1. The number of aliphatic hydroxyl groups is 2. The number of hydrogen-bond donors (Lipinski definition) is 4. The number of nitrogens with zero attached hydrogens (tertiary/aromatic N) is 1. The number of rotatable bonds is 47. The number of phosphoric acid groups is 1. The van der Waals surface area contributed by atoms with Gasteiger partial charge in [-0.15, -0.1) is 0 Å². The predicted octanol–water partition coefficient (Wildman–Crippen LogP) is 13.8. The molecule has 4 N–H and O–H groups in total. The molecule has 1 amide bonds. The predicted molar refractivity (Wildman–Crippen MR) is 260 cm³/mol. The van der Waals surface area contributed by atoms with Gasteiger partial charge >= 0.3 is 7.82 Å². The minimum Gasteiger partial charge on any atom is -0.390 e. The van der Waals surface area contributed by atoms with Gasteiger partial charge in [-0.05, 0) is 51.4 Å². The third kappa shape index (κ3) is 43.9. The van der Waals surface area contributed by atoms with Gasteiger partial charge < -0.3 is 24.9 Å². The summed E-state index contributed by atoms with van der Waals surface area (Å²) in [5.74, 6) is -0.269. The Morgan fingerprint density at radius 2 is 0.934 bits per heavy atom. The molecule has 4 unspecified atom stereocenters. The first-order chi connectivity index (χ1) is 29.4. The Balaban J connectivity index is 4.25. The van der Waals surface area contributed by atoms with E-state index in [2.05, 4.69) is 43.5 Å². The Morgan fingerprint density at radius 3 is 1.36 bits per heavy atom. The van der Waals surface area contributed by atoms with E-state index < -0.39 is 32.7 Å². The second-order valence-electron chi connectivity index (χ2n) is 19.0. The topological polar surface area (TPSA) is 125 Å². The molecule has 0 heterocycles. The number of hydrogen-bond acceptors (Lipinski definition) is 6. The van der Waals surface area contributed by atoms with Crippen molar-refractivity contribution >= 4 is 13.7 Å². The van der Waals surface area contributed by atoms with Crippen LogP contribution < -0.4 is 5.32 Å². The smallest absolute Gasteiger partial charge is 0.390 e. The molecule has 0 radical (unpaired) electrons. The average Bonchev–Trinajstić information content (AvgIpc) is 3.21. The first-order valence-corrected chi connectivity index (χ1v) is 27.3. The van der Waals surface area contributed by atoms with Crippen molar-refractivity contribution < 1.29 is 38.0 Å². The maximum atomic E-state index is 13.0. The number of quaternary nitrogens is 1. The first kappa shape index (κ1) is 59.9. The highest BCUT2D eigenvalue weighted by Crippen LogP contribution is 2.43. The maximum absolute atomic E-state index is 13.0. The van der Waals surface area contributed by atoms with Crippen LogP contribution in [-0.4, -0.2) is 84.6 Å². The molecule has 0 aromatic rings. The van der Waals surface area contributed by atoms with Gasteiger partial charge in [0.1, 0.15) is 19.3 Å². The Morgan fingerprint density at radius 1 is 0.557 bits per heavy atom. The van der Waals surface area contributed by atoms with E-state index in [0.717, 1.165) is 44.9 Å². The number of likely N-dealkylation sites (N-methyl/N-ethyl adjacent to an activating group) is 1. The highest BCUT2D eigenvalue weighted by molar-refractivity contribution is 7.47. The zero-order chi connectivity index (χ0) is 45.1. The summed E-state index contributed by atoms with van der Waals surface area (Å²) in [6, 6.07) is -1.05. The summed E-state index contributed by atoms with van der Waals surface area (Å²) in [4.78, 5) is 23.2. The molecule has 4 atom stereocenters. The summed E-state index contributed by atoms with van der Waals surface area (Å²) < 4.78 is 23.5. The largest absolute Gasteiger partial charge is 0.472 e. The van der Waals surface area contributed by atoms with Gasteiger partial charge in [0.25, 0.3) is 0 Å². The fourth-order valence-electron chi connectivity index (χ4n) is 7.63. The van der Waals surface area contributed by atoms with E-state index >= 15 is 0 Å². The molecule has 0 rings (SSSR count). The molecule has 0 aliphatic rings. The van der Waals surface area contributed by atoms with E-state index in [1.165, 1.54) is 161 Å². The van der Waals surface area contributed by atoms with Crippen LogP contribution in [0.1, 0.15) is 239 Å². The van der Waals surface area contributed by atoms with Crippen molar-refractivity contribution in [3.05, 3.63) is 24.3 Å².